The van der Waals surface area contributed by atoms with E-state index in [-0.39, 0.29) is 21.7 Å². The number of aromatic amines is 8. The Morgan fingerprint density at radius 2 is 0.300 bits per heavy atom. The van der Waals surface area contributed by atoms with E-state index in [4.69, 9.17) is 21.0 Å². The van der Waals surface area contributed by atoms with Crippen LogP contribution in [0.4, 0.5) is 0 Å². The molecule has 8 N–H and O–H groups in total. The van der Waals surface area contributed by atoms with Crippen LogP contribution >= 0.6 is 63.7 Å². The van der Waals surface area contributed by atoms with Crippen molar-refractivity contribution in [1.29, 1.82) is 21.0 Å². The highest BCUT2D eigenvalue weighted by atomic mass is 79.9. The number of nitrogens with zero attached hydrogens (tertiary/aromatic N) is 4. The van der Waals surface area contributed by atoms with Gasteiger partial charge in [-0.3, -0.25) is 0 Å². The van der Waals surface area contributed by atoms with Crippen molar-refractivity contribution in [2.24, 2.45) is 0 Å². The summed E-state index contributed by atoms with van der Waals surface area (Å²) in [6.45, 7) is 33.3. The molecular formula is C84H88Br4N12. The summed E-state index contributed by atoms with van der Waals surface area (Å²) in [6, 6.07) is 77.9. The fourth-order valence-corrected chi connectivity index (χ4v) is 15.0. The third kappa shape index (κ3) is 13.9. The molecule has 512 valence electrons. The van der Waals surface area contributed by atoms with Crippen LogP contribution in [0.15, 0.2) is 212 Å². The smallest absolute Gasteiger partial charge is 0.0723 e. The molecule has 0 fully saturated rings. The second-order valence-corrected chi connectivity index (χ2v) is 31.9. The van der Waals surface area contributed by atoms with Crippen molar-refractivity contribution in [2.45, 2.75) is 154 Å². The Labute approximate surface area is 623 Å². The van der Waals surface area contributed by atoms with Crippen LogP contribution in [0.25, 0.3) is 0 Å². The van der Waals surface area contributed by atoms with Gasteiger partial charge in [-0.05, 0) is 251 Å². The minimum atomic E-state index is -0.428. The molecule has 0 spiro atoms. The highest BCUT2D eigenvalue weighted by Crippen LogP contribution is 2.48. The number of H-pyrrole nitrogens is 8. The lowest BCUT2D eigenvalue weighted by atomic mass is 9.76. The molecule has 0 aliphatic carbocycles. The summed E-state index contributed by atoms with van der Waals surface area (Å²) in [7, 11) is 0. The zero-order valence-corrected chi connectivity index (χ0v) is 66.1. The molecule has 0 saturated carbocycles. The van der Waals surface area contributed by atoms with Gasteiger partial charge in [0.2, 0.25) is 0 Å². The molecule has 8 aromatic heterocycles. The minimum Gasteiger partial charge on any atom is -0.360 e. The van der Waals surface area contributed by atoms with E-state index in [2.05, 4.69) is 381 Å². The van der Waals surface area contributed by atoms with Crippen molar-refractivity contribution < 1.29 is 0 Å². The Morgan fingerprint density at radius 3 is 0.410 bits per heavy atom. The van der Waals surface area contributed by atoms with Crippen LogP contribution < -0.4 is 0 Å². The van der Waals surface area contributed by atoms with Crippen molar-refractivity contribution in [1.82, 2.24) is 39.9 Å². The van der Waals surface area contributed by atoms with E-state index in [9.17, 15) is 0 Å². The summed E-state index contributed by atoms with van der Waals surface area (Å²) in [5.74, 6) is 0. The highest BCUT2D eigenvalue weighted by Gasteiger charge is 2.44. The van der Waals surface area contributed by atoms with Gasteiger partial charge in [0.15, 0.2) is 0 Å². The van der Waals surface area contributed by atoms with Gasteiger partial charge in [0.05, 0.1) is 45.9 Å². The van der Waals surface area contributed by atoms with Crippen molar-refractivity contribution >= 4 is 63.7 Å². The molecule has 12 nitrogen and oxygen atoms in total. The second-order valence-electron chi connectivity index (χ2n) is 28.2. The number of halogens is 4. The number of hydrogen-bond donors (Lipinski definition) is 8. The first-order valence-electron chi connectivity index (χ1n) is 33.2. The maximum atomic E-state index is 7.32. The van der Waals surface area contributed by atoms with Gasteiger partial charge in [-0.1, -0.05) is 112 Å². The predicted molar refractivity (Wildman–Crippen MR) is 419 cm³/mol. The van der Waals surface area contributed by atoms with Gasteiger partial charge in [-0.2, -0.15) is 21.0 Å². The van der Waals surface area contributed by atoms with Gasteiger partial charge in [0.1, 0.15) is 0 Å². The molecule has 100 heavy (non-hydrogen) atoms. The molecular weight excluding hydrogens is 1500 g/mol. The van der Waals surface area contributed by atoms with Gasteiger partial charge in [-0.15, -0.1) is 0 Å². The average molecular weight is 1590 g/mol. The molecule has 0 unspecified atom stereocenters. The Kier molecular flexibility index (Phi) is 22.3. The third-order valence-electron chi connectivity index (χ3n) is 20.9. The zero-order chi connectivity index (χ0) is 73.0. The molecule has 14 rings (SSSR count). The first kappa shape index (κ1) is 75.2. The number of fused-ring (bicyclic) bond motifs is 16. The number of rotatable bonds is 4. The SMILES string of the molecule is CC#N.CC#N.CC#N.CC#N.CC1(C)c2ccc([nH]2)C(C)(c2ccc(Br)cc2)c2ccc([nH]2)C(C)(C)c2ccc([nH]2)C(C)(c2ccc(Br)cc2)c2ccc1[nH]2.CC1(C)c2ccc([nH]2)C(C)(c2ccc(Br)cc2)c2ccc([nH]2)C(C)(C)c2ccc([nH]2)C(C)(c2ccc(Br)cc2)c2ccc1[nH]2. The molecule has 0 saturated heterocycles. The van der Waals surface area contributed by atoms with E-state index in [1.807, 2.05) is 0 Å². The Hall–Kier alpha value is -9.00. The monoisotopic (exact) mass is 1580 g/mol. The standard InChI is InChI=1S/2C38H38Br2N4.4C2H3N/c2*1-35(2)27-15-19-31(41-27)37(5,23-7-11-25(39)12-8-23)33-21-17-29(43-33)36(3,4)30-18-22-34(44-30)38(6,32-20-16-28(35)42-32)24-9-13-26(40)14-10-24;4*1-2-3/h2*7-22,41-44H,1-6H3;4*1H3. The quantitative estimate of drug-likeness (QED) is 0.0861. The molecule has 16 bridgehead atoms. The van der Waals surface area contributed by atoms with E-state index >= 15 is 0 Å². The highest BCUT2D eigenvalue weighted by molar-refractivity contribution is 9.11. The van der Waals surface area contributed by atoms with E-state index < -0.39 is 21.7 Å². The summed E-state index contributed by atoms with van der Waals surface area (Å²) in [6.07, 6.45) is 0. The van der Waals surface area contributed by atoms with Gasteiger partial charge in [-0.25, -0.2) is 0 Å². The van der Waals surface area contributed by atoms with E-state index in [0.717, 1.165) is 109 Å². The van der Waals surface area contributed by atoms with Crippen molar-refractivity contribution in [2.75, 3.05) is 0 Å². The van der Waals surface area contributed by atoms with Crippen LogP contribution in [-0.2, 0) is 43.3 Å². The Balaban J connectivity index is 0.000000202. The first-order chi connectivity index (χ1) is 47.3. The van der Waals surface area contributed by atoms with Crippen LogP contribution in [0.5, 0.6) is 0 Å². The number of hydrogen-bond acceptors (Lipinski definition) is 4. The zero-order valence-electron chi connectivity index (χ0n) is 59.8. The number of nitriles is 4. The van der Waals surface area contributed by atoms with Crippen LogP contribution in [0.1, 0.15) is 224 Å². The fourth-order valence-electron chi connectivity index (χ4n) is 13.9. The fraction of sp³-hybridized carbons (Fsp3) is 0.286. The topological polar surface area (TPSA) is 221 Å². The molecule has 2 aliphatic heterocycles. The van der Waals surface area contributed by atoms with Crippen LogP contribution in [-0.4, -0.2) is 39.9 Å². The summed E-state index contributed by atoms with van der Waals surface area (Å²) in [4.78, 5) is 31.2. The van der Waals surface area contributed by atoms with Gasteiger partial charge < -0.3 is 39.9 Å². The normalized spacial score (nSPS) is 19.8. The third-order valence-corrected chi connectivity index (χ3v) is 23.0. The van der Waals surface area contributed by atoms with Crippen molar-refractivity contribution in [3.8, 4) is 24.3 Å². The van der Waals surface area contributed by atoms with E-state index in [1.54, 1.807) is 24.3 Å². The van der Waals surface area contributed by atoms with Crippen LogP contribution in [0, 0.1) is 45.3 Å². The molecule has 4 aromatic carbocycles. The lowest BCUT2D eigenvalue weighted by molar-refractivity contribution is 0.563. The van der Waals surface area contributed by atoms with Gasteiger partial charge in [0, 0.05) is 158 Å². The summed E-state index contributed by atoms with van der Waals surface area (Å²) < 4.78 is 4.28. The largest absolute Gasteiger partial charge is 0.360 e. The summed E-state index contributed by atoms with van der Waals surface area (Å²) in [5.41, 5.74) is 20.5. The maximum absolute atomic E-state index is 7.32. The second kappa shape index (κ2) is 29.7. The van der Waals surface area contributed by atoms with Crippen molar-refractivity contribution in [3.05, 3.63) is 325 Å². The molecule has 16 heteroatoms. The molecule has 0 amide bonds. The molecule has 10 heterocycles. The Bertz CT molecular complexity index is 4140. The van der Waals surface area contributed by atoms with Gasteiger partial charge >= 0.3 is 0 Å². The molecule has 12 aromatic rings. The number of aromatic nitrogens is 8. The number of benzene rings is 4. The Morgan fingerprint density at radius 1 is 0.200 bits per heavy atom. The lowest BCUT2D eigenvalue weighted by Crippen LogP contribution is -2.29. The summed E-state index contributed by atoms with van der Waals surface area (Å²) in [5, 5.41) is 29.3. The van der Waals surface area contributed by atoms with Crippen molar-refractivity contribution in [3.63, 3.8) is 0 Å². The van der Waals surface area contributed by atoms with Gasteiger partial charge in [0.25, 0.3) is 0 Å². The predicted octanol–water partition coefficient (Wildman–Crippen LogP) is 22.5. The first-order valence-corrected chi connectivity index (χ1v) is 36.4. The average Bonchev–Trinajstić information content (AvgIpc) is 1.58. The maximum Gasteiger partial charge on any atom is 0.0723 e. The number of nitrogens with one attached hydrogen (secondary N) is 8. The molecule has 0 radical (unpaired) electrons. The van der Waals surface area contributed by atoms with E-state index in [0.29, 0.717) is 0 Å². The minimum absolute atomic E-state index is 0.293. The van der Waals surface area contributed by atoms with Crippen LogP contribution in [0.2, 0.25) is 0 Å². The lowest BCUT2D eigenvalue weighted by Gasteiger charge is -2.32. The van der Waals surface area contributed by atoms with E-state index in [1.165, 1.54) is 49.9 Å². The molecule has 0 atom stereocenters. The molecule has 2 aliphatic rings. The van der Waals surface area contributed by atoms with Crippen LogP contribution in [0.3, 0.4) is 0 Å². The summed E-state index contributed by atoms with van der Waals surface area (Å²) >= 11 is 14.6.